The number of hydrogen-bond donors (Lipinski definition) is 1. The van der Waals surface area contributed by atoms with Gasteiger partial charge in [-0.2, -0.15) is 4.68 Å². The van der Waals surface area contributed by atoms with E-state index < -0.39 is 10.0 Å². The molecular weight excluding hydrogens is 410 g/mol. The van der Waals surface area contributed by atoms with E-state index >= 15 is 0 Å². The zero-order chi connectivity index (χ0) is 20.6. The molecule has 0 unspecified atom stereocenters. The van der Waals surface area contributed by atoms with Crippen molar-refractivity contribution in [1.29, 1.82) is 0 Å². The highest BCUT2D eigenvalue weighted by atomic mass is 32.2. The molecule has 0 radical (unpaired) electrons. The SMILES string of the molecule is Cc1c(CN2CCN(C(=O)n3ccc(NS(C)(=O)=O)n3)CC2)sc2ccccc12. The Bertz CT molecular complexity index is 1140. The molecule has 3 aromatic rings. The molecule has 1 N–H and O–H groups in total. The molecule has 1 aliphatic rings. The van der Waals surface area contributed by atoms with Crippen LogP contribution in [0, 0.1) is 6.92 Å². The van der Waals surface area contributed by atoms with Crippen LogP contribution in [0.25, 0.3) is 10.1 Å². The Morgan fingerprint density at radius 1 is 1.17 bits per heavy atom. The summed E-state index contributed by atoms with van der Waals surface area (Å²) in [6, 6.07) is 9.69. The van der Waals surface area contributed by atoms with Gasteiger partial charge in [0.1, 0.15) is 0 Å². The van der Waals surface area contributed by atoms with E-state index in [0.717, 1.165) is 25.9 Å². The summed E-state index contributed by atoms with van der Waals surface area (Å²) in [4.78, 5) is 18.1. The average Bonchev–Trinajstić information content (AvgIpc) is 3.26. The third-order valence-corrected chi connectivity index (χ3v) is 6.87. The van der Waals surface area contributed by atoms with Gasteiger partial charge in [-0.1, -0.05) is 18.2 Å². The first kappa shape index (κ1) is 19.9. The molecule has 154 valence electrons. The number of piperazine rings is 1. The number of amides is 1. The summed E-state index contributed by atoms with van der Waals surface area (Å²) in [6.07, 6.45) is 2.52. The lowest BCUT2D eigenvalue weighted by Gasteiger charge is -2.34. The van der Waals surface area contributed by atoms with E-state index in [-0.39, 0.29) is 11.8 Å². The van der Waals surface area contributed by atoms with Gasteiger partial charge in [0.2, 0.25) is 10.0 Å². The fraction of sp³-hybridized carbons (Fsp3) is 0.368. The first-order valence-electron chi connectivity index (χ1n) is 9.32. The molecule has 2 aromatic heterocycles. The van der Waals surface area contributed by atoms with Gasteiger partial charge in [-0.15, -0.1) is 16.4 Å². The van der Waals surface area contributed by atoms with Crippen molar-refractivity contribution in [2.45, 2.75) is 13.5 Å². The minimum Gasteiger partial charge on any atom is -0.320 e. The number of fused-ring (bicyclic) bond motifs is 1. The number of anilines is 1. The lowest BCUT2D eigenvalue weighted by molar-refractivity contribution is 0.135. The van der Waals surface area contributed by atoms with Crippen molar-refractivity contribution in [3.05, 3.63) is 47.0 Å². The first-order valence-corrected chi connectivity index (χ1v) is 12.0. The standard InChI is InChI=1S/C19H23N5O3S2/c1-14-15-5-3-4-6-16(15)28-17(14)13-22-9-11-23(12-10-22)19(25)24-8-7-18(20-24)21-29(2,26)27/h3-8H,9-13H2,1-2H3,(H,20,21). The molecule has 10 heteroatoms. The smallest absolute Gasteiger partial charge is 0.320 e. The normalized spacial score (nSPS) is 15.7. The zero-order valence-electron chi connectivity index (χ0n) is 16.3. The van der Waals surface area contributed by atoms with Gasteiger partial charge in [0, 0.05) is 54.6 Å². The predicted octanol–water partition coefficient (Wildman–Crippen LogP) is 2.56. The Labute approximate surface area is 173 Å². The largest absolute Gasteiger partial charge is 0.344 e. The summed E-state index contributed by atoms with van der Waals surface area (Å²) in [5, 5.41) is 5.33. The summed E-state index contributed by atoms with van der Waals surface area (Å²) in [5.74, 6) is 0.139. The van der Waals surface area contributed by atoms with Crippen LogP contribution in [0.2, 0.25) is 0 Å². The van der Waals surface area contributed by atoms with Gasteiger partial charge in [-0.3, -0.25) is 9.62 Å². The number of sulfonamides is 1. The van der Waals surface area contributed by atoms with Crippen LogP contribution in [0.15, 0.2) is 36.5 Å². The third kappa shape index (κ3) is 4.44. The van der Waals surface area contributed by atoms with Crippen LogP contribution in [0.4, 0.5) is 10.6 Å². The molecule has 8 nitrogen and oxygen atoms in total. The topological polar surface area (TPSA) is 87.5 Å². The van der Waals surface area contributed by atoms with Gasteiger partial charge in [0.25, 0.3) is 0 Å². The molecule has 0 aliphatic carbocycles. The van der Waals surface area contributed by atoms with E-state index in [0.29, 0.717) is 13.1 Å². The highest BCUT2D eigenvalue weighted by Gasteiger charge is 2.24. The summed E-state index contributed by atoms with van der Waals surface area (Å²) in [6.45, 7) is 5.85. The molecule has 0 atom stereocenters. The van der Waals surface area contributed by atoms with Gasteiger partial charge >= 0.3 is 6.03 Å². The minimum atomic E-state index is -3.42. The summed E-state index contributed by atoms with van der Waals surface area (Å²) >= 11 is 1.84. The number of thiophene rings is 1. The van der Waals surface area contributed by atoms with Crippen molar-refractivity contribution in [3.8, 4) is 0 Å². The van der Waals surface area contributed by atoms with Crippen molar-refractivity contribution in [2.75, 3.05) is 37.2 Å². The molecular formula is C19H23N5O3S2. The van der Waals surface area contributed by atoms with Crippen molar-refractivity contribution in [3.63, 3.8) is 0 Å². The molecule has 4 rings (SSSR count). The van der Waals surface area contributed by atoms with Crippen LogP contribution in [0.1, 0.15) is 10.4 Å². The fourth-order valence-corrected chi connectivity index (χ4v) is 5.24. The highest BCUT2D eigenvalue weighted by molar-refractivity contribution is 7.92. The second kappa shape index (κ2) is 7.77. The number of carbonyl (C=O) groups is 1. The van der Waals surface area contributed by atoms with E-state index in [9.17, 15) is 13.2 Å². The fourth-order valence-electron chi connectivity index (χ4n) is 3.50. The van der Waals surface area contributed by atoms with Crippen LogP contribution < -0.4 is 4.72 Å². The van der Waals surface area contributed by atoms with Gasteiger partial charge in [-0.05, 0) is 23.9 Å². The maximum Gasteiger partial charge on any atom is 0.344 e. The maximum atomic E-state index is 12.6. The third-order valence-electron chi connectivity index (χ3n) is 5.03. The van der Waals surface area contributed by atoms with Crippen LogP contribution in [-0.4, -0.2) is 66.5 Å². The van der Waals surface area contributed by atoms with E-state index in [1.165, 1.54) is 37.5 Å². The van der Waals surface area contributed by atoms with E-state index in [1.54, 1.807) is 4.90 Å². The highest BCUT2D eigenvalue weighted by Crippen LogP contribution is 2.31. The molecule has 29 heavy (non-hydrogen) atoms. The molecule has 1 aliphatic heterocycles. The van der Waals surface area contributed by atoms with E-state index in [1.807, 2.05) is 11.3 Å². The molecule has 1 fully saturated rings. The van der Waals surface area contributed by atoms with E-state index in [2.05, 4.69) is 45.9 Å². The molecule has 0 saturated carbocycles. The molecule has 0 bridgehead atoms. The Hall–Kier alpha value is -2.43. The van der Waals surface area contributed by atoms with Gasteiger partial charge in [0.05, 0.1) is 6.26 Å². The number of carbonyl (C=O) groups excluding carboxylic acids is 1. The summed E-state index contributed by atoms with van der Waals surface area (Å²) < 4.78 is 27.3. The number of benzene rings is 1. The number of rotatable bonds is 4. The van der Waals surface area contributed by atoms with E-state index in [4.69, 9.17) is 0 Å². The Morgan fingerprint density at radius 3 is 2.59 bits per heavy atom. The summed E-state index contributed by atoms with van der Waals surface area (Å²) in [7, 11) is -3.42. The maximum absolute atomic E-state index is 12.6. The number of aryl methyl sites for hydroxylation is 1. The lowest BCUT2D eigenvalue weighted by Crippen LogP contribution is -2.49. The number of nitrogens with zero attached hydrogens (tertiary/aromatic N) is 4. The van der Waals surface area contributed by atoms with Crippen LogP contribution in [0.5, 0.6) is 0 Å². The first-order chi connectivity index (χ1) is 13.8. The lowest BCUT2D eigenvalue weighted by atomic mass is 10.1. The predicted molar refractivity (Wildman–Crippen MR) is 115 cm³/mol. The quantitative estimate of drug-likeness (QED) is 0.683. The van der Waals surface area contributed by atoms with Crippen molar-refractivity contribution in [2.24, 2.45) is 0 Å². The monoisotopic (exact) mass is 433 g/mol. The van der Waals surface area contributed by atoms with Crippen LogP contribution in [-0.2, 0) is 16.6 Å². The Morgan fingerprint density at radius 2 is 1.90 bits per heavy atom. The van der Waals surface area contributed by atoms with Crippen LogP contribution >= 0.6 is 11.3 Å². The van der Waals surface area contributed by atoms with Gasteiger partial charge in [-0.25, -0.2) is 13.2 Å². The molecule has 0 spiro atoms. The number of nitrogens with one attached hydrogen (secondary N) is 1. The molecule has 3 heterocycles. The Kier molecular flexibility index (Phi) is 5.32. The second-order valence-electron chi connectivity index (χ2n) is 7.21. The van der Waals surface area contributed by atoms with Gasteiger partial charge < -0.3 is 4.90 Å². The molecule has 1 aromatic carbocycles. The number of hydrogen-bond acceptors (Lipinski definition) is 6. The average molecular weight is 434 g/mol. The van der Waals surface area contributed by atoms with Crippen molar-refractivity contribution < 1.29 is 13.2 Å². The Balaban J connectivity index is 1.36. The van der Waals surface area contributed by atoms with Crippen molar-refractivity contribution in [1.82, 2.24) is 19.6 Å². The number of aromatic nitrogens is 2. The molecule has 1 amide bonds. The van der Waals surface area contributed by atoms with Gasteiger partial charge in [0.15, 0.2) is 5.82 Å². The second-order valence-corrected chi connectivity index (χ2v) is 10.1. The van der Waals surface area contributed by atoms with Crippen LogP contribution in [0.3, 0.4) is 0 Å². The zero-order valence-corrected chi connectivity index (χ0v) is 18.0. The molecule has 1 saturated heterocycles. The van der Waals surface area contributed by atoms with Crippen molar-refractivity contribution >= 4 is 43.3 Å². The summed E-state index contributed by atoms with van der Waals surface area (Å²) in [5.41, 5.74) is 1.34. The minimum absolute atomic E-state index is 0.139.